The number of nitrogens with two attached hydrogens (primary N) is 1. The molecule has 0 aliphatic heterocycles. The molecule has 3 N–H and O–H groups in total. The van der Waals surface area contributed by atoms with E-state index in [1.807, 2.05) is 6.92 Å². The SMILES string of the molecule is CC(C)c1ccc(SC(CO)C(C)N)cc1. The highest BCUT2D eigenvalue weighted by atomic mass is 32.2. The molecule has 16 heavy (non-hydrogen) atoms. The van der Waals surface area contributed by atoms with E-state index >= 15 is 0 Å². The van der Waals surface area contributed by atoms with Crippen LogP contribution in [0.4, 0.5) is 0 Å². The highest BCUT2D eigenvalue weighted by Crippen LogP contribution is 2.26. The van der Waals surface area contributed by atoms with Crippen molar-refractivity contribution in [2.75, 3.05) is 6.61 Å². The van der Waals surface area contributed by atoms with Crippen molar-refractivity contribution < 1.29 is 5.11 Å². The van der Waals surface area contributed by atoms with Crippen molar-refractivity contribution in [2.45, 2.75) is 42.9 Å². The lowest BCUT2D eigenvalue weighted by Gasteiger charge is -2.17. The molecule has 90 valence electrons. The maximum absolute atomic E-state index is 9.20. The van der Waals surface area contributed by atoms with Crippen LogP contribution in [0.1, 0.15) is 32.3 Å². The van der Waals surface area contributed by atoms with Crippen LogP contribution in [0.2, 0.25) is 0 Å². The summed E-state index contributed by atoms with van der Waals surface area (Å²) in [5.41, 5.74) is 7.13. The minimum absolute atomic E-state index is 0.000208. The zero-order valence-corrected chi connectivity index (χ0v) is 11.0. The van der Waals surface area contributed by atoms with Gasteiger partial charge in [-0.2, -0.15) is 0 Å². The molecule has 1 aromatic rings. The van der Waals surface area contributed by atoms with Crippen LogP contribution < -0.4 is 5.73 Å². The number of benzene rings is 1. The molecule has 0 amide bonds. The van der Waals surface area contributed by atoms with E-state index in [0.29, 0.717) is 5.92 Å². The summed E-state index contributed by atoms with van der Waals surface area (Å²) in [4.78, 5) is 1.17. The Hall–Kier alpha value is -0.510. The van der Waals surface area contributed by atoms with E-state index in [1.165, 1.54) is 10.5 Å². The van der Waals surface area contributed by atoms with Gasteiger partial charge in [0.1, 0.15) is 0 Å². The van der Waals surface area contributed by atoms with Crippen molar-refractivity contribution in [3.8, 4) is 0 Å². The molecular formula is C13H21NOS. The van der Waals surface area contributed by atoms with Crippen LogP contribution in [-0.2, 0) is 0 Å². The van der Waals surface area contributed by atoms with E-state index in [-0.39, 0.29) is 17.9 Å². The number of aliphatic hydroxyl groups excluding tert-OH is 1. The summed E-state index contributed by atoms with van der Waals surface area (Å²) < 4.78 is 0. The minimum atomic E-state index is -0.000208. The van der Waals surface area contributed by atoms with Crippen molar-refractivity contribution in [2.24, 2.45) is 5.73 Å². The predicted molar refractivity (Wildman–Crippen MR) is 70.9 cm³/mol. The molecule has 0 fully saturated rings. The van der Waals surface area contributed by atoms with Crippen LogP contribution in [0.5, 0.6) is 0 Å². The van der Waals surface area contributed by atoms with Gasteiger partial charge in [0.15, 0.2) is 0 Å². The Labute approximate surface area is 102 Å². The van der Waals surface area contributed by atoms with Gasteiger partial charge in [0, 0.05) is 16.2 Å². The predicted octanol–water partition coefficient (Wildman–Crippen LogP) is 2.61. The smallest absolute Gasteiger partial charge is 0.0568 e. The maximum Gasteiger partial charge on any atom is 0.0568 e. The van der Waals surface area contributed by atoms with Gasteiger partial charge in [0.05, 0.1) is 6.61 Å². The van der Waals surface area contributed by atoms with Crippen molar-refractivity contribution in [3.63, 3.8) is 0 Å². The van der Waals surface area contributed by atoms with Crippen molar-refractivity contribution in [1.29, 1.82) is 0 Å². The quantitative estimate of drug-likeness (QED) is 0.776. The second-order valence-corrected chi connectivity index (χ2v) is 5.73. The van der Waals surface area contributed by atoms with Crippen molar-refractivity contribution >= 4 is 11.8 Å². The molecule has 0 saturated carbocycles. The fraction of sp³-hybridized carbons (Fsp3) is 0.538. The summed E-state index contributed by atoms with van der Waals surface area (Å²) in [6, 6.07) is 8.49. The number of hydrogen-bond acceptors (Lipinski definition) is 3. The van der Waals surface area contributed by atoms with Gasteiger partial charge >= 0.3 is 0 Å². The van der Waals surface area contributed by atoms with E-state index in [9.17, 15) is 5.11 Å². The van der Waals surface area contributed by atoms with Gasteiger partial charge in [-0.25, -0.2) is 0 Å². The third-order valence-electron chi connectivity index (χ3n) is 2.60. The molecule has 2 unspecified atom stereocenters. The summed E-state index contributed by atoms with van der Waals surface area (Å²) >= 11 is 1.64. The summed E-state index contributed by atoms with van der Waals surface area (Å²) in [6.07, 6.45) is 0. The summed E-state index contributed by atoms with van der Waals surface area (Å²) in [7, 11) is 0. The molecule has 3 heteroatoms. The summed E-state index contributed by atoms with van der Waals surface area (Å²) in [5, 5.41) is 9.27. The molecule has 0 heterocycles. The Morgan fingerprint density at radius 3 is 2.12 bits per heavy atom. The molecule has 0 spiro atoms. The lowest BCUT2D eigenvalue weighted by atomic mass is 10.0. The monoisotopic (exact) mass is 239 g/mol. The molecule has 1 rings (SSSR count). The first-order valence-electron chi connectivity index (χ1n) is 5.67. The van der Waals surface area contributed by atoms with Crippen LogP contribution >= 0.6 is 11.8 Å². The van der Waals surface area contributed by atoms with Gasteiger partial charge in [0.2, 0.25) is 0 Å². The second-order valence-electron chi connectivity index (χ2n) is 4.42. The Kier molecular flexibility index (Phi) is 5.32. The van der Waals surface area contributed by atoms with Gasteiger partial charge < -0.3 is 10.8 Å². The van der Waals surface area contributed by atoms with Crippen molar-refractivity contribution in [1.82, 2.24) is 0 Å². The highest BCUT2D eigenvalue weighted by Gasteiger charge is 2.13. The lowest BCUT2D eigenvalue weighted by molar-refractivity contribution is 0.285. The number of thioether (sulfide) groups is 1. The first kappa shape index (κ1) is 13.6. The van der Waals surface area contributed by atoms with Crippen molar-refractivity contribution in [3.05, 3.63) is 29.8 Å². The third-order valence-corrected chi connectivity index (χ3v) is 4.03. The largest absolute Gasteiger partial charge is 0.395 e. The first-order valence-corrected chi connectivity index (χ1v) is 6.55. The van der Waals surface area contributed by atoms with E-state index in [0.717, 1.165) is 0 Å². The van der Waals surface area contributed by atoms with E-state index in [1.54, 1.807) is 11.8 Å². The maximum atomic E-state index is 9.20. The fourth-order valence-electron chi connectivity index (χ4n) is 1.42. The molecule has 1 aromatic carbocycles. The first-order chi connectivity index (χ1) is 7.54. The lowest BCUT2D eigenvalue weighted by Crippen LogP contribution is -2.31. The molecule has 2 nitrogen and oxygen atoms in total. The topological polar surface area (TPSA) is 46.2 Å². The fourth-order valence-corrected chi connectivity index (χ4v) is 2.35. The van der Waals surface area contributed by atoms with Gasteiger partial charge in [-0.05, 0) is 30.5 Å². The Morgan fingerprint density at radius 2 is 1.75 bits per heavy atom. The normalized spacial score (nSPS) is 15.1. The molecule has 0 aliphatic rings. The summed E-state index contributed by atoms with van der Waals surface area (Å²) in [5.74, 6) is 0.557. The molecular weight excluding hydrogens is 218 g/mol. The molecule has 0 radical (unpaired) electrons. The molecule has 2 atom stereocenters. The van der Waals surface area contributed by atoms with Crippen LogP contribution in [0.3, 0.4) is 0 Å². The average Bonchev–Trinajstić information content (AvgIpc) is 2.26. The molecule has 0 aliphatic carbocycles. The number of rotatable bonds is 5. The van der Waals surface area contributed by atoms with Crippen LogP contribution in [0, 0.1) is 0 Å². The summed E-state index contributed by atoms with van der Waals surface area (Å²) in [6.45, 7) is 6.41. The zero-order valence-electron chi connectivity index (χ0n) is 10.2. The number of aliphatic hydroxyl groups is 1. The van der Waals surface area contributed by atoms with Crippen LogP contribution in [-0.4, -0.2) is 23.0 Å². The van der Waals surface area contributed by atoms with Gasteiger partial charge in [-0.1, -0.05) is 26.0 Å². The minimum Gasteiger partial charge on any atom is -0.395 e. The molecule has 0 bridgehead atoms. The third kappa shape index (κ3) is 3.81. The van der Waals surface area contributed by atoms with E-state index in [2.05, 4.69) is 38.1 Å². The average molecular weight is 239 g/mol. The van der Waals surface area contributed by atoms with Crippen LogP contribution in [0.25, 0.3) is 0 Å². The Balaban J connectivity index is 2.67. The second kappa shape index (κ2) is 6.28. The Morgan fingerprint density at radius 1 is 1.19 bits per heavy atom. The Bertz CT molecular complexity index is 308. The van der Waals surface area contributed by atoms with E-state index in [4.69, 9.17) is 5.73 Å². The number of hydrogen-bond donors (Lipinski definition) is 2. The van der Waals surface area contributed by atoms with Gasteiger partial charge in [0.25, 0.3) is 0 Å². The van der Waals surface area contributed by atoms with Gasteiger partial charge in [-0.3, -0.25) is 0 Å². The van der Waals surface area contributed by atoms with Gasteiger partial charge in [-0.15, -0.1) is 11.8 Å². The molecule has 0 saturated heterocycles. The molecule has 0 aromatic heterocycles. The standard InChI is InChI=1S/C13H21NOS/c1-9(2)11-4-6-12(7-5-11)16-13(8-15)10(3)14/h4-7,9-10,13,15H,8,14H2,1-3H3. The highest BCUT2D eigenvalue weighted by molar-refractivity contribution is 8.00. The van der Waals surface area contributed by atoms with Crippen LogP contribution in [0.15, 0.2) is 29.2 Å². The zero-order chi connectivity index (χ0) is 12.1. The van der Waals surface area contributed by atoms with E-state index < -0.39 is 0 Å².